The van der Waals surface area contributed by atoms with Crippen molar-refractivity contribution < 1.29 is 5.11 Å². The smallest absolute Gasteiger partial charge is 0.0987 e. The van der Waals surface area contributed by atoms with E-state index in [1.54, 1.807) is 10.9 Å². The zero-order valence-electron chi connectivity index (χ0n) is 11.0. The summed E-state index contributed by atoms with van der Waals surface area (Å²) in [6.07, 6.45) is 3.06. The quantitative estimate of drug-likeness (QED) is 0.801. The number of benzene rings is 1. The van der Waals surface area contributed by atoms with Gasteiger partial charge in [-0.05, 0) is 36.8 Å². The maximum Gasteiger partial charge on any atom is 0.0987 e. The number of aromatic nitrogens is 3. The summed E-state index contributed by atoms with van der Waals surface area (Å²) in [4.78, 5) is 4.14. The van der Waals surface area contributed by atoms with Gasteiger partial charge in [0.2, 0.25) is 0 Å². The van der Waals surface area contributed by atoms with E-state index >= 15 is 0 Å². The number of pyridine rings is 1. The van der Waals surface area contributed by atoms with Crippen molar-refractivity contribution in [3.63, 3.8) is 0 Å². The Balaban J connectivity index is 1.87. The van der Waals surface area contributed by atoms with Crippen LogP contribution in [-0.2, 0) is 6.54 Å². The van der Waals surface area contributed by atoms with Crippen molar-refractivity contribution in [3.05, 3.63) is 58.5 Å². The first-order valence-electron chi connectivity index (χ1n) is 6.36. The second kappa shape index (κ2) is 5.34. The van der Waals surface area contributed by atoms with E-state index in [0.717, 1.165) is 26.6 Å². The van der Waals surface area contributed by atoms with Gasteiger partial charge in [-0.15, -0.1) is 0 Å². The zero-order chi connectivity index (χ0) is 14.1. The van der Waals surface area contributed by atoms with E-state index in [2.05, 4.69) is 26.0 Å². The average Bonchev–Trinajstić information content (AvgIpc) is 2.83. The molecule has 0 spiro atoms. The molecule has 0 fully saturated rings. The summed E-state index contributed by atoms with van der Waals surface area (Å²) in [5.74, 6) is 0. The Morgan fingerprint density at radius 3 is 2.95 bits per heavy atom. The van der Waals surface area contributed by atoms with Gasteiger partial charge in [0, 0.05) is 27.9 Å². The fourth-order valence-electron chi connectivity index (χ4n) is 2.21. The Labute approximate surface area is 125 Å². The fraction of sp³-hybridized carbons (Fsp3) is 0.200. The fourth-order valence-corrected chi connectivity index (χ4v) is 2.67. The van der Waals surface area contributed by atoms with Crippen LogP contribution in [0.15, 0.2) is 47.2 Å². The Morgan fingerprint density at radius 2 is 2.20 bits per heavy atom. The molecule has 1 N–H and O–H groups in total. The van der Waals surface area contributed by atoms with Gasteiger partial charge in [-0.25, -0.2) is 0 Å². The van der Waals surface area contributed by atoms with Gasteiger partial charge in [-0.2, -0.15) is 5.10 Å². The minimum atomic E-state index is -0.593. The zero-order valence-corrected chi connectivity index (χ0v) is 12.6. The molecule has 0 saturated heterocycles. The van der Waals surface area contributed by atoms with E-state index in [4.69, 9.17) is 0 Å². The lowest BCUT2D eigenvalue weighted by Crippen LogP contribution is -2.09. The number of halogens is 1. The summed E-state index contributed by atoms with van der Waals surface area (Å²) in [6.45, 7) is 2.33. The van der Waals surface area contributed by atoms with E-state index in [-0.39, 0.29) is 0 Å². The molecule has 1 unspecified atom stereocenters. The number of rotatable bonds is 3. The monoisotopic (exact) mass is 331 g/mol. The van der Waals surface area contributed by atoms with Gasteiger partial charge in [0.15, 0.2) is 0 Å². The predicted octanol–water partition coefficient (Wildman–Crippen LogP) is 3.24. The van der Waals surface area contributed by atoms with E-state index in [1.807, 2.05) is 43.5 Å². The van der Waals surface area contributed by atoms with E-state index in [0.29, 0.717) is 6.54 Å². The van der Waals surface area contributed by atoms with Crippen LogP contribution in [0.4, 0.5) is 0 Å². The lowest BCUT2D eigenvalue weighted by molar-refractivity contribution is 0.151. The molecule has 102 valence electrons. The third-order valence-electron chi connectivity index (χ3n) is 3.21. The molecule has 3 rings (SSSR count). The van der Waals surface area contributed by atoms with Crippen molar-refractivity contribution in [1.29, 1.82) is 0 Å². The highest BCUT2D eigenvalue weighted by Crippen LogP contribution is 2.23. The molecule has 1 atom stereocenters. The van der Waals surface area contributed by atoms with E-state index in [9.17, 15) is 5.11 Å². The summed E-state index contributed by atoms with van der Waals surface area (Å²) in [6, 6.07) is 9.61. The Morgan fingerprint density at radius 1 is 1.35 bits per heavy atom. The Hall–Kier alpha value is -1.72. The summed E-state index contributed by atoms with van der Waals surface area (Å²) in [7, 11) is 0. The highest BCUT2D eigenvalue weighted by atomic mass is 79.9. The van der Waals surface area contributed by atoms with Crippen LogP contribution in [0.5, 0.6) is 0 Å². The van der Waals surface area contributed by atoms with Crippen molar-refractivity contribution in [2.45, 2.75) is 19.6 Å². The van der Waals surface area contributed by atoms with Gasteiger partial charge < -0.3 is 5.11 Å². The molecule has 0 radical (unpaired) electrons. The molecule has 0 bridgehead atoms. The molecule has 0 aliphatic carbocycles. The molecule has 0 amide bonds. The normalized spacial score (nSPS) is 12.8. The summed E-state index contributed by atoms with van der Waals surface area (Å²) < 4.78 is 2.78. The third kappa shape index (κ3) is 2.59. The van der Waals surface area contributed by atoms with Gasteiger partial charge >= 0.3 is 0 Å². The predicted molar refractivity (Wildman–Crippen MR) is 81.4 cm³/mol. The molecule has 5 heteroatoms. The van der Waals surface area contributed by atoms with Crippen LogP contribution >= 0.6 is 15.9 Å². The van der Waals surface area contributed by atoms with Crippen LogP contribution in [0.3, 0.4) is 0 Å². The summed E-state index contributed by atoms with van der Waals surface area (Å²) in [5.41, 5.74) is 2.67. The first-order valence-corrected chi connectivity index (χ1v) is 7.15. The third-order valence-corrected chi connectivity index (χ3v) is 3.90. The molecule has 0 saturated carbocycles. The van der Waals surface area contributed by atoms with E-state index in [1.165, 1.54) is 0 Å². The molecule has 3 aromatic rings. The number of aliphatic hydroxyl groups excluding tert-OH is 1. The van der Waals surface area contributed by atoms with Crippen molar-refractivity contribution >= 4 is 26.8 Å². The maximum atomic E-state index is 10.3. The first kappa shape index (κ1) is 13.3. The second-order valence-corrected chi connectivity index (χ2v) is 5.62. The average molecular weight is 332 g/mol. The van der Waals surface area contributed by atoms with Gasteiger partial charge in [-0.1, -0.05) is 22.0 Å². The second-order valence-electron chi connectivity index (χ2n) is 4.77. The van der Waals surface area contributed by atoms with Gasteiger partial charge in [0.05, 0.1) is 18.2 Å². The number of hydrogen-bond acceptors (Lipinski definition) is 3. The van der Waals surface area contributed by atoms with Gasteiger partial charge in [0.25, 0.3) is 0 Å². The van der Waals surface area contributed by atoms with E-state index < -0.39 is 6.10 Å². The standard InChI is InChI=1S/C15H14BrN3O/c1-10-7-11(5-6-17-10)15(20)9-19-8-12-13(16)3-2-4-14(12)18-19/h2-8,15,20H,9H2,1H3. The summed E-state index contributed by atoms with van der Waals surface area (Å²) >= 11 is 3.51. The Kier molecular flexibility index (Phi) is 3.54. The lowest BCUT2D eigenvalue weighted by Gasteiger charge is -2.11. The molecular weight excluding hydrogens is 318 g/mol. The largest absolute Gasteiger partial charge is 0.386 e. The van der Waals surface area contributed by atoms with Crippen molar-refractivity contribution in [1.82, 2.24) is 14.8 Å². The SMILES string of the molecule is Cc1cc(C(O)Cn2cc3c(Br)cccc3n2)ccn1. The molecule has 2 heterocycles. The van der Waals surface area contributed by atoms with Crippen LogP contribution < -0.4 is 0 Å². The molecule has 1 aromatic carbocycles. The van der Waals surface area contributed by atoms with Crippen molar-refractivity contribution in [2.24, 2.45) is 0 Å². The number of aliphatic hydroxyl groups is 1. The highest BCUT2D eigenvalue weighted by molar-refractivity contribution is 9.10. The minimum absolute atomic E-state index is 0.421. The molecule has 0 aliphatic rings. The topological polar surface area (TPSA) is 50.9 Å². The maximum absolute atomic E-state index is 10.3. The molecular formula is C15H14BrN3O. The van der Waals surface area contributed by atoms with Crippen molar-refractivity contribution in [3.8, 4) is 0 Å². The summed E-state index contributed by atoms with van der Waals surface area (Å²) in [5, 5.41) is 15.8. The minimum Gasteiger partial charge on any atom is -0.386 e. The molecule has 20 heavy (non-hydrogen) atoms. The van der Waals surface area contributed by atoms with Crippen molar-refractivity contribution in [2.75, 3.05) is 0 Å². The van der Waals surface area contributed by atoms with Crippen LogP contribution in [0, 0.1) is 6.92 Å². The van der Waals surface area contributed by atoms with Crippen LogP contribution in [-0.4, -0.2) is 19.9 Å². The molecule has 4 nitrogen and oxygen atoms in total. The molecule has 2 aromatic heterocycles. The number of nitrogens with zero attached hydrogens (tertiary/aromatic N) is 3. The highest BCUT2D eigenvalue weighted by Gasteiger charge is 2.11. The first-order chi connectivity index (χ1) is 9.63. The van der Waals surface area contributed by atoms with Gasteiger partial charge in [-0.3, -0.25) is 9.67 Å². The van der Waals surface area contributed by atoms with Crippen LogP contribution in [0.1, 0.15) is 17.4 Å². The van der Waals surface area contributed by atoms with Crippen LogP contribution in [0.25, 0.3) is 10.9 Å². The lowest BCUT2D eigenvalue weighted by atomic mass is 10.1. The Bertz CT molecular complexity index is 754. The van der Waals surface area contributed by atoms with Crippen LogP contribution in [0.2, 0.25) is 0 Å². The molecule has 0 aliphatic heterocycles. The number of hydrogen-bond donors (Lipinski definition) is 1. The van der Waals surface area contributed by atoms with Gasteiger partial charge in [0.1, 0.15) is 0 Å². The number of fused-ring (bicyclic) bond motifs is 1. The number of aryl methyl sites for hydroxylation is 1.